The van der Waals surface area contributed by atoms with Crippen molar-refractivity contribution in [3.05, 3.63) is 36.5 Å². The average molecular weight is 318 g/mol. The Hall–Kier alpha value is -1.82. The first-order valence-corrected chi connectivity index (χ1v) is 8.67. The van der Waals surface area contributed by atoms with Crippen molar-refractivity contribution in [1.82, 2.24) is 14.6 Å². The maximum absolute atomic E-state index is 12.4. The van der Waals surface area contributed by atoms with Crippen LogP contribution in [0.15, 0.2) is 30.7 Å². The molecule has 2 aromatic heterocycles. The molecule has 2 aromatic rings. The number of aromatic nitrogens is 3. The summed E-state index contributed by atoms with van der Waals surface area (Å²) in [7, 11) is 0. The Kier molecular flexibility index (Phi) is 6.00. The fraction of sp³-hybridized carbons (Fsp3) is 0.438. The molecule has 0 saturated heterocycles. The SMILES string of the molecule is CCSCCC(=O)N(CC)n1cc(-c2cccnc2)nc1C. The van der Waals surface area contributed by atoms with Gasteiger partial charge in [0.1, 0.15) is 5.82 Å². The molecule has 0 aliphatic heterocycles. The molecule has 0 atom stereocenters. The minimum atomic E-state index is 0.127. The molecule has 0 aliphatic carbocycles. The molecule has 0 aliphatic rings. The standard InChI is InChI=1S/C16H22N4OS/c1-4-19(16(21)8-10-22-5-2)20-12-15(18-13(20)3)14-7-6-9-17-11-14/h6-7,9,11-12H,4-5,8,10H2,1-3H3. The van der Waals surface area contributed by atoms with E-state index in [1.54, 1.807) is 29.2 Å². The smallest absolute Gasteiger partial charge is 0.242 e. The molecule has 5 nitrogen and oxygen atoms in total. The third-order valence-corrected chi connectivity index (χ3v) is 4.23. The van der Waals surface area contributed by atoms with E-state index in [4.69, 9.17) is 0 Å². The number of carbonyl (C=O) groups is 1. The van der Waals surface area contributed by atoms with E-state index in [2.05, 4.69) is 16.9 Å². The molecule has 2 heterocycles. The number of hydrogen-bond donors (Lipinski definition) is 0. The lowest BCUT2D eigenvalue weighted by Gasteiger charge is -2.23. The number of amides is 1. The van der Waals surface area contributed by atoms with Gasteiger partial charge in [0, 0.05) is 36.7 Å². The van der Waals surface area contributed by atoms with Crippen LogP contribution in [0.25, 0.3) is 11.3 Å². The molecule has 22 heavy (non-hydrogen) atoms. The molecule has 0 radical (unpaired) electrons. The fourth-order valence-electron chi connectivity index (χ4n) is 2.24. The highest BCUT2D eigenvalue weighted by Crippen LogP contribution is 2.17. The Balaban J connectivity index is 2.19. The van der Waals surface area contributed by atoms with Crippen molar-refractivity contribution in [3.63, 3.8) is 0 Å². The molecule has 6 heteroatoms. The summed E-state index contributed by atoms with van der Waals surface area (Å²) in [6.45, 7) is 6.62. The Morgan fingerprint density at radius 1 is 1.41 bits per heavy atom. The second kappa shape index (κ2) is 7.98. The van der Waals surface area contributed by atoms with Crippen molar-refractivity contribution in [2.45, 2.75) is 27.2 Å². The van der Waals surface area contributed by atoms with E-state index in [9.17, 15) is 4.79 Å². The first-order chi connectivity index (χ1) is 10.7. The highest BCUT2D eigenvalue weighted by Gasteiger charge is 2.17. The van der Waals surface area contributed by atoms with Crippen molar-refractivity contribution < 1.29 is 4.79 Å². The highest BCUT2D eigenvalue weighted by molar-refractivity contribution is 7.99. The van der Waals surface area contributed by atoms with Crippen molar-refractivity contribution in [2.75, 3.05) is 23.1 Å². The Morgan fingerprint density at radius 2 is 2.23 bits per heavy atom. The van der Waals surface area contributed by atoms with Gasteiger partial charge in [0.05, 0.1) is 11.9 Å². The zero-order chi connectivity index (χ0) is 15.9. The lowest BCUT2D eigenvalue weighted by atomic mass is 10.2. The number of carbonyl (C=O) groups excluding carboxylic acids is 1. The van der Waals surface area contributed by atoms with Gasteiger partial charge in [-0.1, -0.05) is 6.92 Å². The van der Waals surface area contributed by atoms with Gasteiger partial charge < -0.3 is 0 Å². The third kappa shape index (κ3) is 3.88. The van der Waals surface area contributed by atoms with E-state index >= 15 is 0 Å². The fourth-order valence-corrected chi connectivity index (χ4v) is 2.85. The molecule has 2 rings (SSSR count). The largest absolute Gasteiger partial charge is 0.273 e. The maximum Gasteiger partial charge on any atom is 0.242 e. The van der Waals surface area contributed by atoms with Gasteiger partial charge in [0.2, 0.25) is 5.91 Å². The lowest BCUT2D eigenvalue weighted by Crippen LogP contribution is -2.40. The zero-order valence-electron chi connectivity index (χ0n) is 13.3. The monoisotopic (exact) mass is 318 g/mol. The summed E-state index contributed by atoms with van der Waals surface area (Å²) >= 11 is 1.79. The van der Waals surface area contributed by atoms with Crippen LogP contribution in [0.3, 0.4) is 0 Å². The Morgan fingerprint density at radius 3 is 2.86 bits per heavy atom. The van der Waals surface area contributed by atoms with Crippen LogP contribution in [-0.2, 0) is 4.79 Å². The highest BCUT2D eigenvalue weighted by atomic mass is 32.2. The van der Waals surface area contributed by atoms with E-state index in [0.29, 0.717) is 13.0 Å². The van der Waals surface area contributed by atoms with Crippen LogP contribution in [0, 0.1) is 6.92 Å². The molecule has 0 spiro atoms. The van der Waals surface area contributed by atoms with Gasteiger partial charge in [-0.25, -0.2) is 14.7 Å². The van der Waals surface area contributed by atoms with Gasteiger partial charge in [-0.05, 0) is 31.7 Å². The number of nitrogens with zero attached hydrogens (tertiary/aromatic N) is 4. The predicted molar refractivity (Wildman–Crippen MR) is 91.6 cm³/mol. The molecule has 118 valence electrons. The minimum Gasteiger partial charge on any atom is -0.273 e. The van der Waals surface area contributed by atoms with Gasteiger partial charge in [0.15, 0.2) is 0 Å². The van der Waals surface area contributed by atoms with Crippen LogP contribution < -0.4 is 5.01 Å². The summed E-state index contributed by atoms with van der Waals surface area (Å²) in [5, 5.41) is 1.75. The van der Waals surface area contributed by atoms with Crippen molar-refractivity contribution >= 4 is 17.7 Å². The summed E-state index contributed by atoms with van der Waals surface area (Å²) in [5.41, 5.74) is 1.79. The summed E-state index contributed by atoms with van der Waals surface area (Å²) in [5.74, 6) is 2.82. The summed E-state index contributed by atoms with van der Waals surface area (Å²) in [4.78, 5) is 21.1. The Bertz CT molecular complexity index is 612. The van der Waals surface area contributed by atoms with Crippen LogP contribution in [0.4, 0.5) is 0 Å². The number of thioether (sulfide) groups is 1. The van der Waals surface area contributed by atoms with E-state index in [1.807, 2.05) is 36.9 Å². The number of imidazole rings is 1. The Labute approximate surface area is 135 Å². The van der Waals surface area contributed by atoms with Crippen LogP contribution in [0.2, 0.25) is 0 Å². The molecular weight excluding hydrogens is 296 g/mol. The van der Waals surface area contributed by atoms with Gasteiger partial charge in [0.25, 0.3) is 0 Å². The third-order valence-electron chi connectivity index (χ3n) is 3.33. The molecule has 0 N–H and O–H groups in total. The number of pyridine rings is 1. The first kappa shape index (κ1) is 16.5. The normalized spacial score (nSPS) is 10.7. The van der Waals surface area contributed by atoms with Gasteiger partial charge >= 0.3 is 0 Å². The molecule has 1 amide bonds. The van der Waals surface area contributed by atoms with Crippen molar-refractivity contribution in [1.29, 1.82) is 0 Å². The van der Waals surface area contributed by atoms with Crippen molar-refractivity contribution in [3.8, 4) is 11.3 Å². The summed E-state index contributed by atoms with van der Waals surface area (Å²) < 4.78 is 1.85. The van der Waals surface area contributed by atoms with E-state index in [-0.39, 0.29) is 5.91 Å². The van der Waals surface area contributed by atoms with Crippen molar-refractivity contribution in [2.24, 2.45) is 0 Å². The molecule has 0 bridgehead atoms. The lowest BCUT2D eigenvalue weighted by molar-refractivity contribution is -0.119. The quantitative estimate of drug-likeness (QED) is 0.737. The predicted octanol–water partition coefficient (Wildman–Crippen LogP) is 2.88. The second-order valence-electron chi connectivity index (χ2n) is 4.82. The second-order valence-corrected chi connectivity index (χ2v) is 6.21. The number of aryl methyl sites for hydroxylation is 1. The van der Waals surface area contributed by atoms with Crippen LogP contribution >= 0.6 is 11.8 Å². The van der Waals surface area contributed by atoms with Gasteiger partial charge in [-0.3, -0.25) is 9.78 Å². The average Bonchev–Trinajstić information content (AvgIpc) is 2.91. The van der Waals surface area contributed by atoms with Crippen LogP contribution in [-0.4, -0.2) is 38.6 Å². The molecule has 0 unspecified atom stereocenters. The summed E-state index contributed by atoms with van der Waals surface area (Å²) in [6, 6.07) is 3.85. The zero-order valence-corrected chi connectivity index (χ0v) is 14.1. The van der Waals surface area contributed by atoms with E-state index in [0.717, 1.165) is 28.6 Å². The molecular formula is C16H22N4OS. The first-order valence-electron chi connectivity index (χ1n) is 7.52. The number of rotatable bonds is 7. The van der Waals surface area contributed by atoms with Gasteiger partial charge in [-0.2, -0.15) is 11.8 Å². The number of hydrogen-bond acceptors (Lipinski definition) is 4. The van der Waals surface area contributed by atoms with Crippen LogP contribution in [0.1, 0.15) is 26.1 Å². The van der Waals surface area contributed by atoms with E-state index < -0.39 is 0 Å². The maximum atomic E-state index is 12.4. The molecule has 0 aromatic carbocycles. The van der Waals surface area contributed by atoms with Crippen LogP contribution in [0.5, 0.6) is 0 Å². The summed E-state index contributed by atoms with van der Waals surface area (Å²) in [6.07, 6.45) is 5.97. The van der Waals surface area contributed by atoms with Gasteiger partial charge in [-0.15, -0.1) is 0 Å². The molecule has 0 saturated carbocycles. The topological polar surface area (TPSA) is 51.0 Å². The van der Waals surface area contributed by atoms with E-state index in [1.165, 1.54) is 0 Å². The molecule has 0 fully saturated rings. The minimum absolute atomic E-state index is 0.127.